The summed E-state index contributed by atoms with van der Waals surface area (Å²) >= 11 is 0. The van der Waals surface area contributed by atoms with Crippen molar-refractivity contribution in [1.29, 1.82) is 0 Å². The zero-order valence-electron chi connectivity index (χ0n) is 60.2. The van der Waals surface area contributed by atoms with E-state index in [0.717, 1.165) is 0 Å². The van der Waals surface area contributed by atoms with Crippen LogP contribution in [0.5, 0.6) is 0 Å². The van der Waals surface area contributed by atoms with Gasteiger partial charge in [-0.1, -0.05) is 69.2 Å². The third-order valence-corrected chi connectivity index (χ3v) is 14.4. The predicted octanol–water partition coefficient (Wildman–Crippen LogP) is -0.512. The molecular formula is C67H117N11O21. The number of carbonyl (C=O) groups excluding carboxylic acids is 15. The number of ether oxygens (including phenoxy) is 6. The van der Waals surface area contributed by atoms with Crippen molar-refractivity contribution >= 4 is 88.1 Å². The normalized spacial score (nSPS) is 11.3. The van der Waals surface area contributed by atoms with E-state index < -0.39 is 35.9 Å². The van der Waals surface area contributed by atoms with Crippen molar-refractivity contribution in [2.75, 3.05) is 132 Å². The minimum Gasteiger partial charge on any atom is -0.379 e. The van der Waals surface area contributed by atoms with Gasteiger partial charge in [0, 0.05) is 172 Å². The van der Waals surface area contributed by atoms with Gasteiger partial charge in [-0.2, -0.15) is 0 Å². The van der Waals surface area contributed by atoms with E-state index in [-0.39, 0.29) is 322 Å². The number of amides is 11. The quantitative estimate of drug-likeness (QED) is 0.0342. The van der Waals surface area contributed by atoms with E-state index in [1.807, 2.05) is 0 Å². The van der Waals surface area contributed by atoms with Crippen molar-refractivity contribution in [3.8, 4) is 0 Å². The molecule has 0 aliphatic rings. The van der Waals surface area contributed by atoms with Crippen LogP contribution < -0.4 is 58.5 Å². The molecule has 99 heavy (non-hydrogen) atoms. The molecular weight excluding hydrogens is 1290 g/mol. The average molecular weight is 1410 g/mol. The minimum atomic E-state index is -0.741. The third-order valence-electron chi connectivity index (χ3n) is 14.4. The lowest BCUT2D eigenvalue weighted by Gasteiger charge is -2.21. The van der Waals surface area contributed by atoms with Gasteiger partial charge in [0.25, 0.3) is 0 Å². The molecule has 566 valence electrons. The lowest BCUT2D eigenvalue weighted by molar-refractivity contribution is -0.127. The molecule has 0 aliphatic carbocycles. The third kappa shape index (κ3) is 54.2. The topological polar surface area (TPSA) is 444 Å². The summed E-state index contributed by atoms with van der Waals surface area (Å²) in [6, 6.07) is -2.19. The molecule has 11 amide bonds. The Balaban J connectivity index is 5.52. The molecule has 11 N–H and O–H groups in total. The largest absolute Gasteiger partial charge is 0.379 e. The number of nitrogens with one attached hydrogen (secondary N) is 11. The van der Waals surface area contributed by atoms with Crippen LogP contribution in [-0.2, 0) is 100 Å². The zero-order valence-corrected chi connectivity index (χ0v) is 60.2. The van der Waals surface area contributed by atoms with Crippen molar-refractivity contribution in [2.24, 2.45) is 29.6 Å². The van der Waals surface area contributed by atoms with Crippen molar-refractivity contribution in [2.45, 2.75) is 177 Å². The molecule has 0 spiro atoms. The van der Waals surface area contributed by atoms with E-state index in [1.54, 1.807) is 69.2 Å². The van der Waals surface area contributed by atoms with Gasteiger partial charge in [0.15, 0.2) is 0 Å². The Kier molecular flexibility index (Phi) is 53.1. The fourth-order valence-corrected chi connectivity index (χ4v) is 8.13. The first kappa shape index (κ1) is 91.6. The highest BCUT2D eigenvalue weighted by molar-refractivity contribution is 5.88. The molecule has 32 nitrogen and oxygen atoms in total. The predicted molar refractivity (Wildman–Crippen MR) is 364 cm³/mol. The lowest BCUT2D eigenvalue weighted by atomic mass is 10.0. The van der Waals surface area contributed by atoms with Gasteiger partial charge in [0.05, 0.1) is 97.4 Å². The van der Waals surface area contributed by atoms with Gasteiger partial charge in [-0.25, -0.2) is 0 Å². The van der Waals surface area contributed by atoms with Crippen LogP contribution in [0.25, 0.3) is 0 Å². The van der Waals surface area contributed by atoms with E-state index in [4.69, 9.17) is 28.4 Å². The summed E-state index contributed by atoms with van der Waals surface area (Å²) in [5.74, 6) is -5.07. The SMILES string of the molecule is CC(C)C(=O)CCC(=O)NCCNC(=O)CCOCC(COCCC(=O)NCCNC(=O)CCC(=O)C(C)C)NC(=O)CCOCC(COCCC(=O)NC(COCCC(=O)NCCNC(=O)CCC(=O)C(C)C)COCCC(=O)NCCNC(=O)CCC(=O)C(C)C)NC(=O)C(C)C. The summed E-state index contributed by atoms with van der Waals surface area (Å²) in [5, 5.41) is 29.8. The molecule has 0 aromatic rings. The van der Waals surface area contributed by atoms with Crippen molar-refractivity contribution in [3.63, 3.8) is 0 Å². The minimum absolute atomic E-state index is 0.0204. The lowest BCUT2D eigenvalue weighted by Crippen LogP contribution is -2.44. The van der Waals surface area contributed by atoms with E-state index in [0.29, 0.717) is 0 Å². The van der Waals surface area contributed by atoms with Crippen LogP contribution >= 0.6 is 0 Å². The Hall–Kier alpha value is -7.39. The fraction of sp³-hybridized carbons (Fsp3) is 0.776. The molecule has 32 heteroatoms. The molecule has 0 saturated heterocycles. The molecule has 0 bridgehead atoms. The summed E-state index contributed by atoms with van der Waals surface area (Å²) in [7, 11) is 0. The van der Waals surface area contributed by atoms with Gasteiger partial charge >= 0.3 is 0 Å². The van der Waals surface area contributed by atoms with Gasteiger partial charge < -0.3 is 86.9 Å². The van der Waals surface area contributed by atoms with Gasteiger partial charge in [0.1, 0.15) is 23.1 Å². The van der Waals surface area contributed by atoms with Crippen LogP contribution in [0.2, 0.25) is 0 Å². The molecule has 0 atom stereocenters. The summed E-state index contributed by atoms with van der Waals surface area (Å²) in [6.45, 7) is 17.8. The second-order valence-corrected chi connectivity index (χ2v) is 25.1. The first-order valence-corrected chi connectivity index (χ1v) is 34.6. The molecule has 0 aliphatic heterocycles. The van der Waals surface area contributed by atoms with Crippen LogP contribution in [0.4, 0.5) is 0 Å². The van der Waals surface area contributed by atoms with Gasteiger partial charge in [-0.05, 0) is 0 Å². The molecule has 0 radical (unpaired) electrons. The maximum Gasteiger partial charge on any atom is 0.222 e. The highest BCUT2D eigenvalue weighted by atomic mass is 16.5. The Bertz CT molecular complexity index is 2200. The molecule has 0 heterocycles. The molecule has 0 rings (SSSR count). The number of ketones is 4. The Labute approximate surface area is 583 Å². The fourth-order valence-electron chi connectivity index (χ4n) is 8.13. The van der Waals surface area contributed by atoms with Gasteiger partial charge in [-0.3, -0.25) is 71.9 Å². The second kappa shape index (κ2) is 57.4. The van der Waals surface area contributed by atoms with Gasteiger partial charge in [0.2, 0.25) is 65.0 Å². The van der Waals surface area contributed by atoms with Crippen LogP contribution in [0.1, 0.15) is 159 Å². The summed E-state index contributed by atoms with van der Waals surface area (Å²) in [4.78, 5) is 185. The molecule has 0 aromatic carbocycles. The van der Waals surface area contributed by atoms with Crippen LogP contribution in [0.3, 0.4) is 0 Å². The highest BCUT2D eigenvalue weighted by Gasteiger charge is 2.21. The first-order valence-electron chi connectivity index (χ1n) is 34.6. The zero-order chi connectivity index (χ0) is 74.3. The van der Waals surface area contributed by atoms with E-state index >= 15 is 0 Å². The number of hydrogen-bond donors (Lipinski definition) is 11. The maximum absolute atomic E-state index is 13.3. The Morgan fingerprint density at radius 3 is 0.566 bits per heavy atom. The van der Waals surface area contributed by atoms with E-state index in [9.17, 15) is 71.9 Å². The Morgan fingerprint density at radius 1 is 0.212 bits per heavy atom. The summed E-state index contributed by atoms with van der Waals surface area (Å²) in [5.41, 5.74) is 0. The number of Topliss-reactive ketones (excluding diaryl/α,β-unsaturated/α-hetero) is 4. The number of carbonyl (C=O) groups is 15. The van der Waals surface area contributed by atoms with Gasteiger partial charge in [-0.15, -0.1) is 0 Å². The second-order valence-electron chi connectivity index (χ2n) is 25.1. The smallest absolute Gasteiger partial charge is 0.222 e. The number of rotatable bonds is 62. The highest BCUT2D eigenvalue weighted by Crippen LogP contribution is 2.06. The molecule has 0 fully saturated rings. The standard InChI is InChI=1S/C67H117N11O21/c1-45(2)53(79)11-15-57(83)68-25-29-72-61(87)19-33-94-39-50(40-95-34-20-62(88)73-30-26-69-58(84)16-12-54(80)46(3)4)76-65(91)23-37-98-43-52(78-67(93)49(9)10)44-99-38-24-66(92)77-51(41-96-35-21-63(89)74-31-27-70-59(85)17-13-55(81)47(5)6)42-97-36-22-64(90)75-32-28-71-60(86)18-14-56(82)48(7)8/h45-52H,11-44H2,1-10H3,(H,68,83)(H,69,84)(H,70,85)(H,71,86)(H,72,87)(H,73,88)(H,74,89)(H,75,90)(H,76,91)(H,77,92)(H,78,93). The summed E-state index contributed by atoms with van der Waals surface area (Å²) < 4.78 is 34.6. The van der Waals surface area contributed by atoms with Crippen LogP contribution in [0.15, 0.2) is 0 Å². The molecule has 0 unspecified atom stereocenters. The number of hydrogen-bond acceptors (Lipinski definition) is 21. The van der Waals surface area contributed by atoms with Crippen molar-refractivity contribution in [1.82, 2.24) is 58.5 Å². The first-order chi connectivity index (χ1) is 47.0. The van der Waals surface area contributed by atoms with E-state index in [1.165, 1.54) is 0 Å². The van der Waals surface area contributed by atoms with Crippen LogP contribution in [-0.4, -0.2) is 238 Å². The average Bonchev–Trinajstić information content (AvgIpc) is 1.78. The Morgan fingerprint density at radius 2 is 0.384 bits per heavy atom. The monoisotopic (exact) mass is 1410 g/mol. The van der Waals surface area contributed by atoms with E-state index in [2.05, 4.69) is 58.5 Å². The van der Waals surface area contributed by atoms with Crippen LogP contribution in [0, 0.1) is 29.6 Å². The maximum atomic E-state index is 13.3. The van der Waals surface area contributed by atoms with Crippen molar-refractivity contribution < 1.29 is 100 Å². The molecule has 0 saturated carbocycles. The summed E-state index contributed by atoms with van der Waals surface area (Å²) in [6.07, 6.45) is 0.230. The van der Waals surface area contributed by atoms with Crippen molar-refractivity contribution in [3.05, 3.63) is 0 Å². The molecule has 0 aromatic heterocycles.